The number of hydrogen-bond donors (Lipinski definition) is 2. The number of amides is 1. The van der Waals surface area contributed by atoms with E-state index in [1.165, 1.54) is 5.56 Å². The summed E-state index contributed by atoms with van der Waals surface area (Å²) in [4.78, 5) is 19.4. The molecule has 33 heavy (non-hydrogen) atoms. The lowest BCUT2D eigenvalue weighted by Gasteiger charge is -2.32. The van der Waals surface area contributed by atoms with Gasteiger partial charge in [-0.3, -0.25) is 9.69 Å². The van der Waals surface area contributed by atoms with Crippen molar-refractivity contribution in [3.63, 3.8) is 0 Å². The van der Waals surface area contributed by atoms with Gasteiger partial charge in [-0.2, -0.15) is 0 Å². The molecule has 0 aliphatic carbocycles. The first-order chi connectivity index (χ1) is 15.7. The minimum absolute atomic E-state index is 0.0549. The van der Waals surface area contributed by atoms with Crippen molar-refractivity contribution in [3.8, 4) is 11.5 Å². The molecular weight excluding hydrogens is 416 g/mol. The number of piperidine rings is 1. The van der Waals surface area contributed by atoms with Gasteiger partial charge in [0.15, 0.2) is 0 Å². The second kappa shape index (κ2) is 11.4. The fraction of sp³-hybridized carbons (Fsp3) is 0.538. The molecule has 7 heteroatoms. The van der Waals surface area contributed by atoms with E-state index in [-0.39, 0.29) is 24.2 Å². The zero-order chi connectivity index (χ0) is 24.0. The van der Waals surface area contributed by atoms with E-state index >= 15 is 0 Å². The lowest BCUT2D eigenvalue weighted by Crippen LogP contribution is -2.44. The first kappa shape index (κ1) is 24.8. The van der Waals surface area contributed by atoms with Crippen LogP contribution in [-0.2, 0) is 6.54 Å². The minimum Gasteiger partial charge on any atom is -0.491 e. The predicted octanol–water partition coefficient (Wildman–Crippen LogP) is 4.40. The number of benzene rings is 1. The number of carbonyl (C=O) groups is 1. The zero-order valence-electron chi connectivity index (χ0n) is 20.8. The standard InChI is InChI=1S/C26H38N4O3/c1-17(2)32-23-12-20(13-24(14-23)33-18(3)4)16-30-9-7-22(8-10-30)29-26(31)21-11-19(5)25(27-6)28-15-21/h11-15,17-18,22H,7-10,16H2,1-6H3,(H,27,28)(H,29,31). The van der Waals surface area contributed by atoms with E-state index in [0.717, 1.165) is 55.4 Å². The third kappa shape index (κ3) is 7.35. The Morgan fingerprint density at radius 1 is 1.06 bits per heavy atom. The van der Waals surface area contributed by atoms with Gasteiger partial charge in [0.25, 0.3) is 5.91 Å². The molecule has 0 unspecified atom stereocenters. The van der Waals surface area contributed by atoms with Crippen LogP contribution in [0, 0.1) is 6.92 Å². The van der Waals surface area contributed by atoms with Crippen LogP contribution in [0.5, 0.6) is 11.5 Å². The van der Waals surface area contributed by atoms with Crippen LogP contribution in [0.25, 0.3) is 0 Å². The summed E-state index contributed by atoms with van der Waals surface area (Å²) in [5, 5.41) is 6.21. The predicted molar refractivity (Wildman–Crippen MR) is 132 cm³/mol. The van der Waals surface area contributed by atoms with Crippen LogP contribution in [-0.4, -0.2) is 54.2 Å². The van der Waals surface area contributed by atoms with E-state index < -0.39 is 0 Å². The number of hydrogen-bond acceptors (Lipinski definition) is 6. The largest absolute Gasteiger partial charge is 0.491 e. The Bertz CT molecular complexity index is 909. The molecule has 1 aromatic heterocycles. The van der Waals surface area contributed by atoms with Gasteiger partial charge in [-0.25, -0.2) is 4.98 Å². The van der Waals surface area contributed by atoms with Crippen LogP contribution in [0.4, 0.5) is 5.82 Å². The molecule has 1 fully saturated rings. The van der Waals surface area contributed by atoms with Crippen molar-refractivity contribution in [2.45, 2.75) is 72.3 Å². The minimum atomic E-state index is -0.0549. The van der Waals surface area contributed by atoms with Gasteiger partial charge in [0.2, 0.25) is 0 Å². The molecule has 1 aliphatic rings. The smallest absolute Gasteiger partial charge is 0.253 e. The highest BCUT2D eigenvalue weighted by Gasteiger charge is 2.22. The summed E-state index contributed by atoms with van der Waals surface area (Å²) in [5.74, 6) is 2.42. The van der Waals surface area contributed by atoms with Crippen LogP contribution in [0.15, 0.2) is 30.5 Å². The van der Waals surface area contributed by atoms with Crippen molar-refractivity contribution in [1.29, 1.82) is 0 Å². The lowest BCUT2D eigenvalue weighted by atomic mass is 10.0. The number of carbonyl (C=O) groups excluding carboxylic acids is 1. The van der Waals surface area contributed by atoms with Gasteiger partial charge in [-0.1, -0.05) is 0 Å². The molecule has 2 heterocycles. The van der Waals surface area contributed by atoms with Crippen molar-refractivity contribution in [1.82, 2.24) is 15.2 Å². The third-order valence-corrected chi connectivity index (χ3v) is 5.59. The quantitative estimate of drug-likeness (QED) is 0.585. The number of rotatable bonds is 9. The fourth-order valence-corrected chi connectivity index (χ4v) is 4.13. The maximum Gasteiger partial charge on any atom is 0.253 e. The summed E-state index contributed by atoms with van der Waals surface area (Å²) < 4.78 is 11.9. The maximum atomic E-state index is 12.7. The fourth-order valence-electron chi connectivity index (χ4n) is 4.13. The summed E-state index contributed by atoms with van der Waals surface area (Å²) in [6, 6.07) is 8.22. The monoisotopic (exact) mass is 454 g/mol. The lowest BCUT2D eigenvalue weighted by molar-refractivity contribution is 0.0908. The number of ether oxygens (including phenoxy) is 2. The highest BCUT2D eigenvalue weighted by Crippen LogP contribution is 2.26. The average Bonchev–Trinajstić information content (AvgIpc) is 2.74. The van der Waals surface area contributed by atoms with Crippen LogP contribution in [0.1, 0.15) is 62.0 Å². The molecule has 2 aromatic rings. The Hall–Kier alpha value is -2.80. The summed E-state index contributed by atoms with van der Waals surface area (Å²) in [7, 11) is 1.83. The molecule has 2 N–H and O–H groups in total. The first-order valence-corrected chi connectivity index (χ1v) is 11.9. The van der Waals surface area contributed by atoms with Gasteiger partial charge in [0.05, 0.1) is 17.8 Å². The Kier molecular flexibility index (Phi) is 8.55. The van der Waals surface area contributed by atoms with Crippen molar-refractivity contribution in [2.75, 3.05) is 25.5 Å². The van der Waals surface area contributed by atoms with Crippen LogP contribution in [0.3, 0.4) is 0 Å². The number of likely N-dealkylation sites (tertiary alicyclic amines) is 1. The molecule has 0 bridgehead atoms. The number of nitrogens with zero attached hydrogens (tertiary/aromatic N) is 2. The van der Waals surface area contributed by atoms with Crippen LogP contribution >= 0.6 is 0 Å². The van der Waals surface area contributed by atoms with Gasteiger partial charge in [-0.05, 0) is 76.8 Å². The van der Waals surface area contributed by atoms with Crippen LogP contribution in [0.2, 0.25) is 0 Å². The van der Waals surface area contributed by atoms with E-state index in [1.54, 1.807) is 6.20 Å². The number of aryl methyl sites for hydroxylation is 1. The van der Waals surface area contributed by atoms with E-state index in [9.17, 15) is 4.79 Å². The highest BCUT2D eigenvalue weighted by atomic mass is 16.5. The van der Waals surface area contributed by atoms with Gasteiger partial charge in [-0.15, -0.1) is 0 Å². The molecule has 1 aromatic carbocycles. The highest BCUT2D eigenvalue weighted by molar-refractivity contribution is 5.94. The van der Waals surface area contributed by atoms with Gasteiger partial charge in [0, 0.05) is 45.0 Å². The maximum absolute atomic E-state index is 12.7. The third-order valence-electron chi connectivity index (χ3n) is 5.59. The Morgan fingerprint density at radius 3 is 2.18 bits per heavy atom. The van der Waals surface area contributed by atoms with Crippen LogP contribution < -0.4 is 20.1 Å². The Labute approximate surface area is 197 Å². The zero-order valence-corrected chi connectivity index (χ0v) is 20.8. The Morgan fingerprint density at radius 2 is 1.67 bits per heavy atom. The number of anilines is 1. The molecule has 1 amide bonds. The summed E-state index contributed by atoms with van der Waals surface area (Å²) in [6.07, 6.45) is 3.70. The summed E-state index contributed by atoms with van der Waals surface area (Å²) >= 11 is 0. The number of nitrogens with one attached hydrogen (secondary N) is 2. The molecule has 0 radical (unpaired) electrons. The molecule has 1 aliphatic heterocycles. The second-order valence-electron chi connectivity index (χ2n) is 9.31. The molecule has 0 saturated carbocycles. The molecule has 0 atom stereocenters. The van der Waals surface area contributed by atoms with Gasteiger partial charge < -0.3 is 20.1 Å². The molecule has 0 spiro atoms. The van der Waals surface area contributed by atoms with E-state index in [0.29, 0.717) is 5.56 Å². The molecule has 180 valence electrons. The molecule has 1 saturated heterocycles. The second-order valence-corrected chi connectivity index (χ2v) is 9.31. The molecular formula is C26H38N4O3. The van der Waals surface area contributed by atoms with Crippen molar-refractivity contribution >= 4 is 11.7 Å². The van der Waals surface area contributed by atoms with Gasteiger partial charge in [0.1, 0.15) is 17.3 Å². The topological polar surface area (TPSA) is 75.7 Å². The van der Waals surface area contributed by atoms with Gasteiger partial charge >= 0.3 is 0 Å². The summed E-state index contributed by atoms with van der Waals surface area (Å²) in [6.45, 7) is 12.8. The van der Waals surface area contributed by atoms with Crippen molar-refractivity contribution in [3.05, 3.63) is 47.2 Å². The summed E-state index contributed by atoms with van der Waals surface area (Å²) in [5.41, 5.74) is 2.75. The normalized spacial score (nSPS) is 15.0. The Balaban J connectivity index is 1.56. The average molecular weight is 455 g/mol. The van der Waals surface area contributed by atoms with Crippen molar-refractivity contribution in [2.24, 2.45) is 0 Å². The molecule has 7 nitrogen and oxygen atoms in total. The first-order valence-electron chi connectivity index (χ1n) is 11.9. The van der Waals surface area contributed by atoms with E-state index in [1.807, 2.05) is 53.8 Å². The van der Waals surface area contributed by atoms with E-state index in [2.05, 4.69) is 32.7 Å². The molecule has 3 rings (SSSR count). The van der Waals surface area contributed by atoms with Crippen molar-refractivity contribution < 1.29 is 14.3 Å². The number of pyridine rings is 1. The van der Waals surface area contributed by atoms with E-state index in [4.69, 9.17) is 9.47 Å². The number of aromatic nitrogens is 1. The SMILES string of the molecule is CNc1ncc(C(=O)NC2CCN(Cc3cc(OC(C)C)cc(OC(C)C)c3)CC2)cc1C.